The highest BCUT2D eigenvalue weighted by Gasteiger charge is 2.15. The van der Waals surface area contributed by atoms with E-state index in [4.69, 9.17) is 4.42 Å². The van der Waals surface area contributed by atoms with Gasteiger partial charge in [0.1, 0.15) is 11.3 Å². The van der Waals surface area contributed by atoms with Crippen LogP contribution in [0.1, 0.15) is 16.2 Å². The monoisotopic (exact) mass is 224 g/mol. The van der Waals surface area contributed by atoms with Crippen molar-refractivity contribution < 1.29 is 9.21 Å². The summed E-state index contributed by atoms with van der Waals surface area (Å²) in [7, 11) is 0. The van der Waals surface area contributed by atoms with Crippen LogP contribution in [0, 0.1) is 0 Å². The molecule has 82 valence electrons. The van der Waals surface area contributed by atoms with Gasteiger partial charge in [-0.25, -0.2) is 0 Å². The second-order valence-electron chi connectivity index (χ2n) is 3.59. The first-order valence-electron chi connectivity index (χ1n) is 5.15. The van der Waals surface area contributed by atoms with Gasteiger partial charge in [0.05, 0.1) is 0 Å². The molecule has 0 atom stereocenters. The molecule has 0 spiro atoms. The molecule has 3 rings (SSSR count). The molecule has 2 heterocycles. The number of aromatic nitrogens is 2. The molecule has 0 amide bonds. The summed E-state index contributed by atoms with van der Waals surface area (Å²) in [5, 5.41) is 8.34. The van der Waals surface area contributed by atoms with Gasteiger partial charge in [-0.15, -0.1) is 5.10 Å². The maximum atomic E-state index is 12.0. The highest BCUT2D eigenvalue weighted by molar-refractivity contribution is 6.07. The second-order valence-corrected chi connectivity index (χ2v) is 3.59. The van der Waals surface area contributed by atoms with E-state index in [2.05, 4.69) is 10.2 Å². The van der Waals surface area contributed by atoms with Crippen LogP contribution in [0.5, 0.6) is 0 Å². The minimum Gasteiger partial charge on any atom is -0.453 e. The van der Waals surface area contributed by atoms with E-state index in [0.717, 1.165) is 5.39 Å². The highest BCUT2D eigenvalue weighted by atomic mass is 16.3. The summed E-state index contributed by atoms with van der Waals surface area (Å²) in [5.41, 5.74) is 0.978. The number of carbonyl (C=O) groups excluding carboxylic acids is 1. The fraction of sp³-hybridized carbons (Fsp3) is 0. The van der Waals surface area contributed by atoms with Crippen molar-refractivity contribution in [1.82, 2.24) is 10.2 Å². The van der Waals surface area contributed by atoms with Crippen molar-refractivity contribution >= 4 is 16.8 Å². The summed E-state index contributed by atoms with van der Waals surface area (Å²) >= 11 is 0. The Balaban J connectivity index is 2.07. The Hall–Kier alpha value is -2.49. The molecular formula is C13H8N2O2. The lowest BCUT2D eigenvalue weighted by Gasteiger charge is -1.93. The zero-order chi connectivity index (χ0) is 11.7. The van der Waals surface area contributed by atoms with Crippen LogP contribution < -0.4 is 0 Å². The standard InChI is InChI=1S/C13H8N2O2/c16-13(10-5-3-7-14-15-10)12-8-9-4-1-2-6-11(9)17-12/h1-8H. The molecule has 0 aliphatic carbocycles. The predicted octanol–water partition coefficient (Wildman–Crippen LogP) is 2.45. The lowest BCUT2D eigenvalue weighted by atomic mass is 10.2. The molecular weight excluding hydrogens is 216 g/mol. The van der Waals surface area contributed by atoms with Crippen LogP contribution in [0.4, 0.5) is 0 Å². The summed E-state index contributed by atoms with van der Waals surface area (Å²) in [6.45, 7) is 0. The van der Waals surface area contributed by atoms with Crippen molar-refractivity contribution in [3.63, 3.8) is 0 Å². The number of para-hydroxylation sites is 1. The van der Waals surface area contributed by atoms with Crippen LogP contribution in [0.25, 0.3) is 11.0 Å². The molecule has 3 aromatic rings. The van der Waals surface area contributed by atoms with Crippen molar-refractivity contribution in [1.29, 1.82) is 0 Å². The molecule has 0 aliphatic heterocycles. The van der Waals surface area contributed by atoms with Crippen LogP contribution in [0.2, 0.25) is 0 Å². The minimum atomic E-state index is -0.255. The van der Waals surface area contributed by atoms with Gasteiger partial charge in [0.25, 0.3) is 0 Å². The van der Waals surface area contributed by atoms with Crippen molar-refractivity contribution in [2.45, 2.75) is 0 Å². The lowest BCUT2D eigenvalue weighted by molar-refractivity contribution is 0.101. The first-order chi connectivity index (χ1) is 8.34. The molecule has 0 N–H and O–H groups in total. The van der Waals surface area contributed by atoms with E-state index in [0.29, 0.717) is 5.58 Å². The van der Waals surface area contributed by atoms with Gasteiger partial charge in [0, 0.05) is 11.6 Å². The van der Waals surface area contributed by atoms with Crippen molar-refractivity contribution in [3.05, 3.63) is 60.1 Å². The number of benzene rings is 1. The maximum Gasteiger partial charge on any atom is 0.248 e. The molecule has 1 aromatic carbocycles. The zero-order valence-corrected chi connectivity index (χ0v) is 8.83. The normalized spacial score (nSPS) is 10.6. The van der Waals surface area contributed by atoms with Gasteiger partial charge in [-0.05, 0) is 24.3 Å². The van der Waals surface area contributed by atoms with Gasteiger partial charge in [-0.2, -0.15) is 5.10 Å². The Morgan fingerprint density at radius 2 is 2.00 bits per heavy atom. The number of rotatable bonds is 2. The number of ketones is 1. The number of carbonyl (C=O) groups is 1. The topological polar surface area (TPSA) is 56.0 Å². The number of hydrogen-bond acceptors (Lipinski definition) is 4. The summed E-state index contributed by atoms with van der Waals surface area (Å²) in [6, 6.07) is 12.5. The Bertz CT molecular complexity index is 641. The number of furan rings is 1. The molecule has 4 nitrogen and oxygen atoms in total. The van der Waals surface area contributed by atoms with Crippen LogP contribution in [0.3, 0.4) is 0 Å². The molecule has 2 aromatic heterocycles. The molecule has 0 saturated heterocycles. The van der Waals surface area contributed by atoms with Crippen LogP contribution in [-0.2, 0) is 0 Å². The van der Waals surface area contributed by atoms with Gasteiger partial charge in [-0.3, -0.25) is 4.79 Å². The van der Waals surface area contributed by atoms with Gasteiger partial charge in [0.2, 0.25) is 5.78 Å². The number of hydrogen-bond donors (Lipinski definition) is 0. The molecule has 0 bridgehead atoms. The predicted molar refractivity (Wildman–Crippen MR) is 61.7 cm³/mol. The molecule has 0 aliphatic rings. The molecule has 17 heavy (non-hydrogen) atoms. The molecule has 0 radical (unpaired) electrons. The van der Waals surface area contributed by atoms with Crippen LogP contribution in [0.15, 0.2) is 53.1 Å². The quantitative estimate of drug-likeness (QED) is 0.627. The molecule has 4 heteroatoms. The third-order valence-corrected chi connectivity index (χ3v) is 2.45. The molecule has 0 unspecified atom stereocenters. The SMILES string of the molecule is O=C(c1cccnn1)c1cc2ccccc2o1. The third-order valence-electron chi connectivity index (χ3n) is 2.45. The Labute approximate surface area is 96.9 Å². The fourth-order valence-corrected chi connectivity index (χ4v) is 1.64. The van der Waals surface area contributed by atoms with Crippen LogP contribution >= 0.6 is 0 Å². The van der Waals surface area contributed by atoms with E-state index in [1.165, 1.54) is 6.20 Å². The summed E-state index contributed by atoms with van der Waals surface area (Å²) in [6.07, 6.45) is 1.52. The molecule has 0 fully saturated rings. The zero-order valence-electron chi connectivity index (χ0n) is 8.83. The summed E-state index contributed by atoms with van der Waals surface area (Å²) in [4.78, 5) is 12.0. The number of fused-ring (bicyclic) bond motifs is 1. The Morgan fingerprint density at radius 1 is 1.12 bits per heavy atom. The molecule has 0 saturated carbocycles. The number of nitrogens with zero attached hydrogens (tertiary/aromatic N) is 2. The Kier molecular flexibility index (Phi) is 2.19. The van der Waals surface area contributed by atoms with E-state index in [1.54, 1.807) is 18.2 Å². The average molecular weight is 224 g/mol. The van der Waals surface area contributed by atoms with E-state index < -0.39 is 0 Å². The second kappa shape index (κ2) is 3.83. The van der Waals surface area contributed by atoms with Crippen molar-refractivity contribution in [2.24, 2.45) is 0 Å². The van der Waals surface area contributed by atoms with E-state index >= 15 is 0 Å². The smallest absolute Gasteiger partial charge is 0.248 e. The summed E-state index contributed by atoms with van der Waals surface area (Å²) in [5.74, 6) is 0.0287. The van der Waals surface area contributed by atoms with Gasteiger partial charge in [0.15, 0.2) is 5.76 Å². The Morgan fingerprint density at radius 3 is 2.76 bits per heavy atom. The van der Waals surface area contributed by atoms with E-state index in [1.807, 2.05) is 24.3 Å². The largest absolute Gasteiger partial charge is 0.453 e. The van der Waals surface area contributed by atoms with Crippen molar-refractivity contribution in [3.8, 4) is 0 Å². The van der Waals surface area contributed by atoms with Gasteiger partial charge < -0.3 is 4.42 Å². The van der Waals surface area contributed by atoms with E-state index in [9.17, 15) is 4.79 Å². The lowest BCUT2D eigenvalue weighted by Crippen LogP contribution is -2.03. The average Bonchev–Trinajstić information content (AvgIpc) is 2.82. The van der Waals surface area contributed by atoms with Gasteiger partial charge in [-0.1, -0.05) is 18.2 Å². The third kappa shape index (κ3) is 1.69. The highest BCUT2D eigenvalue weighted by Crippen LogP contribution is 2.20. The van der Waals surface area contributed by atoms with Crippen molar-refractivity contribution in [2.75, 3.05) is 0 Å². The van der Waals surface area contributed by atoms with Gasteiger partial charge >= 0.3 is 0 Å². The summed E-state index contributed by atoms with van der Waals surface area (Å²) < 4.78 is 5.47. The van der Waals surface area contributed by atoms with Crippen LogP contribution in [-0.4, -0.2) is 16.0 Å². The maximum absolute atomic E-state index is 12.0. The van der Waals surface area contributed by atoms with E-state index in [-0.39, 0.29) is 17.2 Å². The fourth-order valence-electron chi connectivity index (χ4n) is 1.64. The minimum absolute atomic E-state index is 0.255. The first kappa shape index (κ1) is 9.72. The first-order valence-corrected chi connectivity index (χ1v) is 5.15.